The number of Topliss-reactive ketones (excluding diaryl/α,β-unsaturated/α-hetero) is 1. The molecular formula is C13H10F2N2O. The fraction of sp³-hybridized carbons (Fsp3) is 0.154. The van der Waals surface area contributed by atoms with Crippen LogP contribution in [0.4, 0.5) is 8.78 Å². The number of ketones is 1. The summed E-state index contributed by atoms with van der Waals surface area (Å²) in [5.74, 6) is -2.35. The predicted octanol–water partition coefficient (Wildman–Crippen LogP) is 2.49. The molecule has 0 radical (unpaired) electrons. The first-order chi connectivity index (χ1) is 8.58. The summed E-state index contributed by atoms with van der Waals surface area (Å²) in [6.45, 7) is 1.74. The van der Waals surface area contributed by atoms with E-state index in [0.29, 0.717) is 5.69 Å². The second-order valence-corrected chi connectivity index (χ2v) is 3.86. The van der Waals surface area contributed by atoms with E-state index in [1.54, 1.807) is 6.92 Å². The monoisotopic (exact) mass is 248 g/mol. The molecule has 0 fully saturated rings. The van der Waals surface area contributed by atoms with Gasteiger partial charge in [-0.3, -0.25) is 9.78 Å². The summed E-state index contributed by atoms with van der Waals surface area (Å²) in [4.78, 5) is 19.6. The minimum absolute atomic E-state index is 0.0161. The predicted molar refractivity (Wildman–Crippen MR) is 61.2 cm³/mol. The summed E-state index contributed by atoms with van der Waals surface area (Å²) in [6.07, 6.45) is 2.55. The van der Waals surface area contributed by atoms with Gasteiger partial charge in [0.2, 0.25) is 0 Å². The highest BCUT2D eigenvalue weighted by molar-refractivity contribution is 5.95. The lowest BCUT2D eigenvalue weighted by Gasteiger charge is -2.03. The fourth-order valence-corrected chi connectivity index (χ4v) is 1.49. The van der Waals surface area contributed by atoms with E-state index in [2.05, 4.69) is 9.97 Å². The molecule has 0 unspecified atom stereocenters. The molecule has 92 valence electrons. The zero-order valence-corrected chi connectivity index (χ0v) is 9.65. The standard InChI is InChI=1S/C13H10F2N2O/c1-8-6-17-11(7-16-8)12(18)5-9-3-2-4-10(14)13(9)15/h2-4,6-7H,5H2,1H3. The molecule has 0 aliphatic rings. The van der Waals surface area contributed by atoms with Gasteiger partial charge in [-0.25, -0.2) is 13.8 Å². The van der Waals surface area contributed by atoms with Crippen LogP contribution < -0.4 is 0 Å². The number of nitrogens with zero attached hydrogens (tertiary/aromatic N) is 2. The summed E-state index contributed by atoms with van der Waals surface area (Å²) < 4.78 is 26.3. The summed E-state index contributed by atoms with van der Waals surface area (Å²) in [6, 6.07) is 3.74. The van der Waals surface area contributed by atoms with Crippen LogP contribution in [0.5, 0.6) is 0 Å². The maximum Gasteiger partial charge on any atom is 0.187 e. The van der Waals surface area contributed by atoms with E-state index in [-0.39, 0.29) is 17.7 Å². The Kier molecular flexibility index (Phi) is 3.41. The Hall–Kier alpha value is -2.17. The number of aryl methyl sites for hydroxylation is 1. The van der Waals surface area contributed by atoms with Gasteiger partial charge in [0.25, 0.3) is 0 Å². The fourth-order valence-electron chi connectivity index (χ4n) is 1.49. The van der Waals surface area contributed by atoms with Crippen LogP contribution in [-0.4, -0.2) is 15.8 Å². The van der Waals surface area contributed by atoms with Crippen molar-refractivity contribution in [2.24, 2.45) is 0 Å². The normalized spacial score (nSPS) is 10.4. The number of carbonyl (C=O) groups excluding carboxylic acids is 1. The zero-order valence-electron chi connectivity index (χ0n) is 9.65. The highest BCUT2D eigenvalue weighted by Gasteiger charge is 2.14. The number of hydrogen-bond acceptors (Lipinski definition) is 3. The highest BCUT2D eigenvalue weighted by Crippen LogP contribution is 2.13. The maximum absolute atomic E-state index is 13.4. The van der Waals surface area contributed by atoms with Gasteiger partial charge in [-0.1, -0.05) is 12.1 Å². The van der Waals surface area contributed by atoms with Crippen LogP contribution in [-0.2, 0) is 6.42 Å². The van der Waals surface area contributed by atoms with Crippen molar-refractivity contribution in [3.8, 4) is 0 Å². The van der Waals surface area contributed by atoms with Crippen molar-refractivity contribution in [3.05, 3.63) is 59.2 Å². The van der Waals surface area contributed by atoms with Gasteiger partial charge in [0.1, 0.15) is 5.69 Å². The molecule has 0 saturated carbocycles. The third-order valence-corrected chi connectivity index (χ3v) is 2.45. The Morgan fingerprint density at radius 2 is 2.00 bits per heavy atom. The van der Waals surface area contributed by atoms with Crippen LogP contribution >= 0.6 is 0 Å². The van der Waals surface area contributed by atoms with Crippen molar-refractivity contribution in [2.75, 3.05) is 0 Å². The van der Waals surface area contributed by atoms with Gasteiger partial charge in [0.15, 0.2) is 17.4 Å². The number of benzene rings is 1. The smallest absolute Gasteiger partial charge is 0.187 e. The van der Waals surface area contributed by atoms with Gasteiger partial charge in [-0.15, -0.1) is 0 Å². The number of carbonyl (C=O) groups is 1. The first-order valence-corrected chi connectivity index (χ1v) is 5.32. The molecule has 1 aromatic heterocycles. The number of hydrogen-bond donors (Lipinski definition) is 0. The molecule has 18 heavy (non-hydrogen) atoms. The molecule has 3 nitrogen and oxygen atoms in total. The Morgan fingerprint density at radius 1 is 1.22 bits per heavy atom. The average Bonchev–Trinajstić information content (AvgIpc) is 2.36. The minimum Gasteiger partial charge on any atom is -0.292 e. The lowest BCUT2D eigenvalue weighted by Crippen LogP contribution is -2.08. The molecule has 2 aromatic rings. The molecule has 0 atom stereocenters. The molecule has 0 N–H and O–H groups in total. The minimum atomic E-state index is -0.995. The third-order valence-electron chi connectivity index (χ3n) is 2.45. The van der Waals surface area contributed by atoms with E-state index in [1.165, 1.54) is 24.5 Å². The van der Waals surface area contributed by atoms with Crippen LogP contribution in [0.25, 0.3) is 0 Å². The summed E-state index contributed by atoms with van der Waals surface area (Å²) in [5, 5.41) is 0. The SMILES string of the molecule is Cc1cnc(C(=O)Cc2cccc(F)c2F)cn1. The maximum atomic E-state index is 13.4. The van der Waals surface area contributed by atoms with E-state index in [0.717, 1.165) is 6.07 Å². The Balaban J connectivity index is 2.21. The number of halogens is 2. The van der Waals surface area contributed by atoms with Gasteiger partial charge in [0.05, 0.1) is 11.9 Å². The van der Waals surface area contributed by atoms with Gasteiger partial charge < -0.3 is 0 Å². The van der Waals surface area contributed by atoms with Crippen LogP contribution in [0.2, 0.25) is 0 Å². The van der Waals surface area contributed by atoms with E-state index in [1.807, 2.05) is 0 Å². The van der Waals surface area contributed by atoms with Crippen LogP contribution in [0.1, 0.15) is 21.7 Å². The quantitative estimate of drug-likeness (QED) is 0.784. The Morgan fingerprint density at radius 3 is 2.67 bits per heavy atom. The van der Waals surface area contributed by atoms with Crippen molar-refractivity contribution >= 4 is 5.78 Å². The molecule has 0 amide bonds. The first kappa shape index (κ1) is 12.3. The molecule has 5 heteroatoms. The Labute approximate surface area is 103 Å². The van der Waals surface area contributed by atoms with Gasteiger partial charge in [0, 0.05) is 12.6 Å². The van der Waals surface area contributed by atoms with E-state index >= 15 is 0 Å². The first-order valence-electron chi connectivity index (χ1n) is 5.32. The lowest BCUT2D eigenvalue weighted by molar-refractivity contribution is 0.0986. The third kappa shape index (κ3) is 2.56. The summed E-state index contributed by atoms with van der Waals surface area (Å²) in [5.41, 5.74) is 0.843. The topological polar surface area (TPSA) is 42.9 Å². The lowest BCUT2D eigenvalue weighted by atomic mass is 10.1. The van der Waals surface area contributed by atoms with Crippen LogP contribution in [0.3, 0.4) is 0 Å². The van der Waals surface area contributed by atoms with Crippen molar-refractivity contribution in [1.29, 1.82) is 0 Å². The van der Waals surface area contributed by atoms with Gasteiger partial charge in [-0.2, -0.15) is 0 Å². The summed E-state index contributed by atoms with van der Waals surface area (Å²) >= 11 is 0. The van der Waals surface area contributed by atoms with Crippen molar-refractivity contribution in [3.63, 3.8) is 0 Å². The molecule has 1 heterocycles. The van der Waals surface area contributed by atoms with E-state index in [4.69, 9.17) is 0 Å². The zero-order chi connectivity index (χ0) is 13.1. The number of rotatable bonds is 3. The molecule has 2 rings (SSSR count). The van der Waals surface area contributed by atoms with Crippen molar-refractivity contribution in [2.45, 2.75) is 13.3 Å². The molecule has 0 saturated heterocycles. The highest BCUT2D eigenvalue weighted by atomic mass is 19.2. The summed E-state index contributed by atoms with van der Waals surface area (Å²) in [7, 11) is 0. The van der Waals surface area contributed by atoms with Crippen LogP contribution in [0, 0.1) is 18.6 Å². The molecule has 0 aliphatic carbocycles. The van der Waals surface area contributed by atoms with E-state index < -0.39 is 17.4 Å². The van der Waals surface area contributed by atoms with E-state index in [9.17, 15) is 13.6 Å². The molecular weight excluding hydrogens is 238 g/mol. The second kappa shape index (κ2) is 5.00. The van der Waals surface area contributed by atoms with Crippen molar-refractivity contribution in [1.82, 2.24) is 9.97 Å². The largest absolute Gasteiger partial charge is 0.292 e. The van der Waals surface area contributed by atoms with Crippen LogP contribution in [0.15, 0.2) is 30.6 Å². The molecule has 1 aromatic carbocycles. The Bertz CT molecular complexity index is 582. The molecule has 0 spiro atoms. The second-order valence-electron chi connectivity index (χ2n) is 3.86. The van der Waals surface area contributed by atoms with Gasteiger partial charge in [-0.05, 0) is 18.6 Å². The molecule has 0 aliphatic heterocycles. The number of aromatic nitrogens is 2. The van der Waals surface area contributed by atoms with Crippen molar-refractivity contribution < 1.29 is 13.6 Å². The molecule has 0 bridgehead atoms. The van der Waals surface area contributed by atoms with Gasteiger partial charge >= 0.3 is 0 Å². The average molecular weight is 248 g/mol.